The largest absolute Gasteiger partial charge is 0.378 e. The van der Waals surface area contributed by atoms with Crippen molar-refractivity contribution >= 4 is 49.0 Å². The third-order valence-corrected chi connectivity index (χ3v) is 8.80. The van der Waals surface area contributed by atoms with Crippen LogP contribution in [0.25, 0.3) is 21.5 Å². The van der Waals surface area contributed by atoms with Gasteiger partial charge in [0, 0.05) is 43.5 Å². The van der Waals surface area contributed by atoms with E-state index in [4.69, 9.17) is 0 Å². The number of amides is 1. The summed E-state index contributed by atoms with van der Waals surface area (Å²) in [5, 5.41) is 12.8. The van der Waals surface area contributed by atoms with Crippen molar-refractivity contribution in [3.05, 3.63) is 60.8 Å². The quantitative estimate of drug-likeness (QED) is 0.424. The Hall–Kier alpha value is -3.41. The van der Waals surface area contributed by atoms with E-state index in [0.29, 0.717) is 28.5 Å². The predicted octanol–water partition coefficient (Wildman–Crippen LogP) is 3.61. The number of para-hydroxylation sites is 1. The number of sulfonamides is 1. The summed E-state index contributed by atoms with van der Waals surface area (Å²) >= 11 is 1.25. The third-order valence-electron chi connectivity index (χ3n) is 5.97. The van der Waals surface area contributed by atoms with Crippen LogP contribution in [0.3, 0.4) is 0 Å². The molecule has 1 atom stereocenters. The van der Waals surface area contributed by atoms with Gasteiger partial charge in [0.2, 0.25) is 21.1 Å². The van der Waals surface area contributed by atoms with Crippen molar-refractivity contribution in [3.63, 3.8) is 0 Å². The lowest BCUT2D eigenvalue weighted by Crippen LogP contribution is -2.43. The van der Waals surface area contributed by atoms with Gasteiger partial charge in [-0.2, -0.15) is 4.31 Å². The van der Waals surface area contributed by atoms with Crippen molar-refractivity contribution in [3.8, 4) is 10.6 Å². The Morgan fingerprint density at radius 3 is 2.63 bits per heavy atom. The zero-order chi connectivity index (χ0) is 24.6. The maximum atomic E-state index is 13.6. The highest BCUT2D eigenvalue weighted by atomic mass is 32.2. The van der Waals surface area contributed by atoms with Crippen molar-refractivity contribution in [1.29, 1.82) is 0 Å². The Morgan fingerprint density at radius 2 is 1.86 bits per heavy atom. The fourth-order valence-electron chi connectivity index (χ4n) is 4.18. The molecule has 5 rings (SSSR count). The molecule has 180 valence electrons. The lowest BCUT2D eigenvalue weighted by molar-refractivity contribution is -0.119. The van der Waals surface area contributed by atoms with Gasteiger partial charge in [-0.1, -0.05) is 29.5 Å². The first-order valence-corrected chi connectivity index (χ1v) is 13.4. The molecule has 1 N–H and O–H groups in total. The highest BCUT2D eigenvalue weighted by Gasteiger charge is 2.40. The number of nitrogens with zero attached hydrogens (tertiary/aromatic N) is 5. The summed E-state index contributed by atoms with van der Waals surface area (Å²) in [5.74, 6) is -0.412. The van der Waals surface area contributed by atoms with Crippen molar-refractivity contribution in [2.45, 2.75) is 23.8 Å². The lowest BCUT2D eigenvalue weighted by atomic mass is 10.2. The van der Waals surface area contributed by atoms with Gasteiger partial charge in [-0.3, -0.25) is 15.1 Å². The van der Waals surface area contributed by atoms with E-state index in [1.807, 2.05) is 55.4 Å². The zero-order valence-electron chi connectivity index (χ0n) is 19.2. The van der Waals surface area contributed by atoms with Crippen LogP contribution >= 0.6 is 11.3 Å². The normalized spacial score (nSPS) is 16.5. The van der Waals surface area contributed by atoms with Crippen molar-refractivity contribution < 1.29 is 13.2 Å². The fraction of sp³-hybridized carbons (Fsp3) is 0.250. The summed E-state index contributed by atoms with van der Waals surface area (Å²) in [6.07, 6.45) is 2.59. The van der Waals surface area contributed by atoms with Crippen molar-refractivity contribution in [2.24, 2.45) is 0 Å². The van der Waals surface area contributed by atoms with Crippen molar-refractivity contribution in [1.82, 2.24) is 19.5 Å². The summed E-state index contributed by atoms with van der Waals surface area (Å²) in [4.78, 5) is 19.5. The molecule has 0 unspecified atom stereocenters. The van der Waals surface area contributed by atoms with Crippen molar-refractivity contribution in [2.75, 3.05) is 30.9 Å². The van der Waals surface area contributed by atoms with E-state index in [-0.39, 0.29) is 11.4 Å². The van der Waals surface area contributed by atoms with Gasteiger partial charge in [-0.15, -0.1) is 10.2 Å². The van der Waals surface area contributed by atoms with E-state index in [1.165, 1.54) is 21.7 Å². The number of benzene rings is 2. The first-order chi connectivity index (χ1) is 16.8. The minimum atomic E-state index is -3.93. The predicted molar refractivity (Wildman–Crippen MR) is 137 cm³/mol. The molecule has 2 aromatic heterocycles. The van der Waals surface area contributed by atoms with Gasteiger partial charge in [0.1, 0.15) is 15.9 Å². The molecule has 1 aliphatic heterocycles. The molecule has 9 nitrogen and oxygen atoms in total. The summed E-state index contributed by atoms with van der Waals surface area (Å²) in [6.45, 7) is 0.267. The number of nitrogens with one attached hydrogen (secondary N) is 1. The molecule has 0 aliphatic carbocycles. The van der Waals surface area contributed by atoms with Crippen LogP contribution in [-0.4, -0.2) is 60.5 Å². The number of pyridine rings is 1. The molecule has 2 aromatic carbocycles. The molecule has 1 fully saturated rings. The first-order valence-electron chi connectivity index (χ1n) is 11.1. The molecule has 3 heterocycles. The number of aromatic nitrogens is 3. The van der Waals surface area contributed by atoms with Crippen LogP contribution in [0, 0.1) is 0 Å². The number of anilines is 2. The van der Waals surface area contributed by atoms with Gasteiger partial charge in [0.25, 0.3) is 0 Å². The lowest BCUT2D eigenvalue weighted by Gasteiger charge is -2.23. The number of fused-ring (bicyclic) bond motifs is 1. The number of carbonyl (C=O) groups excluding carboxylic acids is 1. The van der Waals surface area contributed by atoms with E-state index in [9.17, 15) is 13.2 Å². The van der Waals surface area contributed by atoms with Crippen LogP contribution < -0.4 is 10.2 Å². The maximum Gasteiger partial charge on any atom is 0.245 e. The molecular weight excluding hydrogens is 484 g/mol. The molecule has 4 aromatic rings. The summed E-state index contributed by atoms with van der Waals surface area (Å²) < 4.78 is 28.4. The topological polar surface area (TPSA) is 108 Å². The standard InChI is InChI=1S/C24H24N6O3S2/c1-29(2)18-12-10-17(11-13-18)23-27-28-24(34-23)26-22(31)19-8-5-15-30(19)35(32,33)20-9-3-6-16-7-4-14-25-21(16)20/h3-4,6-7,9-14,19H,5,8,15H2,1-2H3,(H,26,28,31)/t19-/m1/s1. The molecule has 0 radical (unpaired) electrons. The zero-order valence-corrected chi connectivity index (χ0v) is 20.9. The van der Waals surface area contributed by atoms with Crippen LogP contribution in [0.4, 0.5) is 10.8 Å². The van der Waals surface area contributed by atoms with Crippen LogP contribution in [0.15, 0.2) is 65.7 Å². The number of hydrogen-bond donors (Lipinski definition) is 1. The van der Waals surface area contributed by atoms with Gasteiger partial charge >= 0.3 is 0 Å². The average Bonchev–Trinajstić information content (AvgIpc) is 3.54. The van der Waals surface area contributed by atoms with E-state index in [2.05, 4.69) is 20.5 Å². The average molecular weight is 509 g/mol. The molecule has 1 saturated heterocycles. The number of rotatable bonds is 6. The maximum absolute atomic E-state index is 13.6. The van der Waals surface area contributed by atoms with E-state index in [1.54, 1.807) is 18.3 Å². The van der Waals surface area contributed by atoms with E-state index in [0.717, 1.165) is 16.6 Å². The summed E-state index contributed by atoms with van der Waals surface area (Å²) in [6, 6.07) is 15.7. The summed E-state index contributed by atoms with van der Waals surface area (Å²) in [5.41, 5.74) is 2.35. The van der Waals surface area contributed by atoms with Gasteiger partial charge in [-0.25, -0.2) is 8.42 Å². The van der Waals surface area contributed by atoms with Gasteiger partial charge in [0.05, 0.1) is 5.52 Å². The first kappa shape index (κ1) is 23.3. The van der Waals surface area contributed by atoms with Gasteiger partial charge < -0.3 is 4.90 Å². The van der Waals surface area contributed by atoms with E-state index < -0.39 is 22.0 Å². The Morgan fingerprint density at radius 1 is 1.09 bits per heavy atom. The van der Waals surface area contributed by atoms with E-state index >= 15 is 0 Å². The smallest absolute Gasteiger partial charge is 0.245 e. The third kappa shape index (κ3) is 4.49. The van der Waals surface area contributed by atoms with Crippen LogP contribution in [0.5, 0.6) is 0 Å². The number of hydrogen-bond acceptors (Lipinski definition) is 8. The SMILES string of the molecule is CN(C)c1ccc(-c2nnc(NC(=O)[C@H]3CCCN3S(=O)(=O)c3cccc4cccnc34)s2)cc1. The minimum absolute atomic E-state index is 0.106. The Labute approximate surface area is 207 Å². The molecule has 11 heteroatoms. The van der Waals surface area contributed by atoms with Crippen LogP contribution in [0.2, 0.25) is 0 Å². The second-order valence-corrected chi connectivity index (χ2v) is 11.3. The Kier molecular flexibility index (Phi) is 6.22. The molecule has 35 heavy (non-hydrogen) atoms. The van der Waals surface area contributed by atoms with Gasteiger partial charge in [0.15, 0.2) is 0 Å². The molecule has 1 amide bonds. The Balaban J connectivity index is 1.35. The number of carbonyl (C=O) groups is 1. The fourth-order valence-corrected chi connectivity index (χ4v) is 6.76. The molecule has 0 spiro atoms. The van der Waals surface area contributed by atoms with Crippen LogP contribution in [0.1, 0.15) is 12.8 Å². The second-order valence-electron chi connectivity index (χ2n) is 8.45. The van der Waals surface area contributed by atoms with Gasteiger partial charge in [-0.05, 0) is 49.2 Å². The highest BCUT2D eigenvalue weighted by molar-refractivity contribution is 7.89. The monoisotopic (exact) mass is 508 g/mol. The molecule has 1 aliphatic rings. The molecule has 0 bridgehead atoms. The van der Waals surface area contributed by atoms with Crippen LogP contribution in [-0.2, 0) is 14.8 Å². The highest BCUT2D eigenvalue weighted by Crippen LogP contribution is 2.32. The molecular formula is C24H24N6O3S2. The summed E-state index contributed by atoms with van der Waals surface area (Å²) in [7, 11) is 0.0109. The second kappa shape index (κ2) is 9.33. The Bertz CT molecular complexity index is 1480. The molecule has 0 saturated carbocycles. The minimum Gasteiger partial charge on any atom is -0.378 e.